The topological polar surface area (TPSA) is 12.5 Å². The number of ether oxygens (including phenoxy) is 1. The minimum Gasteiger partial charge on any atom is -0.377 e. The predicted octanol–water partition coefficient (Wildman–Crippen LogP) is 3.86. The Labute approximate surface area is 129 Å². The third kappa shape index (κ3) is 2.33. The van der Waals surface area contributed by atoms with Crippen LogP contribution in [0.2, 0.25) is 0 Å². The third-order valence-electron chi connectivity index (χ3n) is 5.76. The molecule has 0 radical (unpaired) electrons. The molecular weight excluding hydrogens is 258 g/mol. The maximum absolute atomic E-state index is 5.93. The molecule has 0 amide bonds. The number of fused-ring (bicyclic) bond motifs is 1. The van der Waals surface area contributed by atoms with E-state index in [4.69, 9.17) is 4.74 Å². The van der Waals surface area contributed by atoms with Gasteiger partial charge in [0.15, 0.2) is 0 Å². The van der Waals surface area contributed by atoms with Crippen molar-refractivity contribution in [3.05, 3.63) is 34.4 Å². The van der Waals surface area contributed by atoms with Crippen LogP contribution in [0.5, 0.6) is 0 Å². The van der Waals surface area contributed by atoms with Crippen LogP contribution < -0.4 is 0 Å². The van der Waals surface area contributed by atoms with Gasteiger partial charge in [0.1, 0.15) is 0 Å². The molecule has 116 valence electrons. The van der Waals surface area contributed by atoms with E-state index in [0.717, 1.165) is 19.1 Å². The SMILES string of the molecule is Cc1cc(C)c(CN(C)[C@@H]2[C@H]3CCO[C@@H]3C2(C)C)c(C)c1. The van der Waals surface area contributed by atoms with Crippen LogP contribution in [-0.2, 0) is 11.3 Å². The monoisotopic (exact) mass is 287 g/mol. The van der Waals surface area contributed by atoms with Crippen molar-refractivity contribution in [3.8, 4) is 0 Å². The lowest BCUT2D eigenvalue weighted by Crippen LogP contribution is -2.65. The Kier molecular flexibility index (Phi) is 3.66. The Morgan fingerprint density at radius 3 is 2.43 bits per heavy atom. The van der Waals surface area contributed by atoms with Crippen LogP contribution in [0.3, 0.4) is 0 Å². The smallest absolute Gasteiger partial charge is 0.0685 e. The van der Waals surface area contributed by atoms with Crippen LogP contribution in [0.15, 0.2) is 12.1 Å². The molecular formula is C19H29NO. The molecule has 21 heavy (non-hydrogen) atoms. The summed E-state index contributed by atoms with van der Waals surface area (Å²) < 4.78 is 5.93. The molecule has 1 saturated heterocycles. The summed E-state index contributed by atoms with van der Waals surface area (Å²) in [7, 11) is 2.29. The zero-order valence-corrected chi connectivity index (χ0v) is 14.4. The van der Waals surface area contributed by atoms with Crippen LogP contribution in [-0.4, -0.2) is 30.7 Å². The normalized spacial score (nSPS) is 30.3. The Morgan fingerprint density at radius 1 is 1.19 bits per heavy atom. The van der Waals surface area contributed by atoms with Gasteiger partial charge in [-0.05, 0) is 50.9 Å². The number of hydrogen-bond donors (Lipinski definition) is 0. The fourth-order valence-electron chi connectivity index (χ4n) is 5.00. The molecule has 1 heterocycles. The zero-order chi connectivity index (χ0) is 15.4. The Bertz CT molecular complexity index is 525. The number of nitrogens with zero attached hydrogens (tertiary/aromatic N) is 1. The number of benzene rings is 1. The Morgan fingerprint density at radius 2 is 1.81 bits per heavy atom. The van der Waals surface area contributed by atoms with E-state index in [1.165, 1.54) is 28.7 Å². The van der Waals surface area contributed by atoms with E-state index in [1.54, 1.807) is 0 Å². The highest BCUT2D eigenvalue weighted by Crippen LogP contribution is 2.54. The van der Waals surface area contributed by atoms with Gasteiger partial charge >= 0.3 is 0 Å². The first-order valence-electron chi connectivity index (χ1n) is 8.21. The van der Waals surface area contributed by atoms with Crippen molar-refractivity contribution in [1.29, 1.82) is 0 Å². The van der Waals surface area contributed by atoms with E-state index in [9.17, 15) is 0 Å². The highest BCUT2D eigenvalue weighted by atomic mass is 16.5. The molecule has 2 fully saturated rings. The van der Waals surface area contributed by atoms with Gasteiger partial charge in [-0.3, -0.25) is 4.90 Å². The quantitative estimate of drug-likeness (QED) is 0.837. The summed E-state index contributed by atoms with van der Waals surface area (Å²) in [5.74, 6) is 0.732. The van der Waals surface area contributed by atoms with Gasteiger partial charge in [-0.2, -0.15) is 0 Å². The number of aryl methyl sites for hydroxylation is 3. The maximum atomic E-state index is 5.93. The minimum atomic E-state index is 0.280. The molecule has 1 aromatic rings. The summed E-state index contributed by atoms with van der Waals surface area (Å²) in [5, 5.41) is 0. The van der Waals surface area contributed by atoms with Crippen molar-refractivity contribution in [2.45, 2.75) is 59.7 Å². The Balaban J connectivity index is 1.80. The lowest BCUT2D eigenvalue weighted by atomic mass is 9.57. The highest BCUT2D eigenvalue weighted by Gasteiger charge is 2.60. The molecule has 0 N–H and O–H groups in total. The standard InChI is InChI=1S/C19H29NO/c1-12-9-13(2)16(14(3)10-12)11-20(6)17-15-7-8-21-18(15)19(17,4)5/h9-10,15,17-18H,7-8,11H2,1-6H3/t15-,17-,18+/m1/s1. The lowest BCUT2D eigenvalue weighted by molar-refractivity contribution is -0.151. The number of hydrogen-bond acceptors (Lipinski definition) is 2. The molecule has 1 aromatic carbocycles. The average molecular weight is 287 g/mol. The highest BCUT2D eigenvalue weighted by molar-refractivity contribution is 5.37. The molecule has 3 rings (SSSR count). The fourth-order valence-corrected chi connectivity index (χ4v) is 5.00. The van der Waals surface area contributed by atoms with Crippen molar-refractivity contribution in [2.75, 3.05) is 13.7 Å². The van der Waals surface area contributed by atoms with Gasteiger partial charge in [0.2, 0.25) is 0 Å². The molecule has 1 aliphatic heterocycles. The van der Waals surface area contributed by atoms with Crippen molar-refractivity contribution >= 4 is 0 Å². The molecule has 0 aromatic heterocycles. The van der Waals surface area contributed by atoms with Gasteiger partial charge in [0.05, 0.1) is 6.10 Å². The van der Waals surface area contributed by atoms with Crippen molar-refractivity contribution < 1.29 is 4.74 Å². The molecule has 0 spiro atoms. The summed E-state index contributed by atoms with van der Waals surface area (Å²) in [5.41, 5.74) is 6.00. The van der Waals surface area contributed by atoms with E-state index >= 15 is 0 Å². The van der Waals surface area contributed by atoms with Crippen LogP contribution in [0.1, 0.15) is 42.5 Å². The first kappa shape index (κ1) is 15.1. The lowest BCUT2D eigenvalue weighted by Gasteiger charge is -2.58. The van der Waals surface area contributed by atoms with E-state index < -0.39 is 0 Å². The summed E-state index contributed by atoms with van der Waals surface area (Å²) in [6.07, 6.45) is 1.71. The molecule has 0 unspecified atom stereocenters. The second-order valence-electron chi connectivity index (χ2n) is 7.80. The molecule has 1 saturated carbocycles. The van der Waals surface area contributed by atoms with E-state index in [-0.39, 0.29) is 5.41 Å². The second-order valence-corrected chi connectivity index (χ2v) is 7.80. The van der Waals surface area contributed by atoms with Gasteiger partial charge in [0, 0.05) is 30.5 Å². The molecule has 2 aliphatic rings. The first-order chi connectivity index (χ1) is 9.82. The minimum absolute atomic E-state index is 0.280. The van der Waals surface area contributed by atoms with Gasteiger partial charge in [-0.1, -0.05) is 31.5 Å². The van der Waals surface area contributed by atoms with Crippen molar-refractivity contribution in [2.24, 2.45) is 11.3 Å². The van der Waals surface area contributed by atoms with E-state index in [1.807, 2.05) is 0 Å². The largest absolute Gasteiger partial charge is 0.377 e. The van der Waals surface area contributed by atoms with Gasteiger partial charge in [-0.25, -0.2) is 0 Å². The van der Waals surface area contributed by atoms with E-state index in [2.05, 4.69) is 58.7 Å². The molecule has 2 nitrogen and oxygen atoms in total. The fraction of sp³-hybridized carbons (Fsp3) is 0.684. The zero-order valence-electron chi connectivity index (χ0n) is 14.4. The van der Waals surface area contributed by atoms with Gasteiger partial charge < -0.3 is 4.74 Å². The van der Waals surface area contributed by atoms with E-state index in [0.29, 0.717) is 12.1 Å². The Hall–Kier alpha value is -0.860. The van der Waals surface area contributed by atoms with Crippen molar-refractivity contribution in [3.63, 3.8) is 0 Å². The number of rotatable bonds is 3. The predicted molar refractivity (Wildman–Crippen MR) is 87.5 cm³/mol. The van der Waals surface area contributed by atoms with Crippen LogP contribution in [0.4, 0.5) is 0 Å². The summed E-state index contributed by atoms with van der Waals surface area (Å²) in [4.78, 5) is 2.57. The average Bonchev–Trinajstić information content (AvgIpc) is 2.79. The molecule has 0 bridgehead atoms. The van der Waals surface area contributed by atoms with Gasteiger partial charge in [-0.15, -0.1) is 0 Å². The molecule has 2 heteroatoms. The molecule has 3 atom stereocenters. The van der Waals surface area contributed by atoms with Gasteiger partial charge in [0.25, 0.3) is 0 Å². The summed E-state index contributed by atoms with van der Waals surface area (Å²) in [6.45, 7) is 13.4. The maximum Gasteiger partial charge on any atom is 0.0685 e. The summed E-state index contributed by atoms with van der Waals surface area (Å²) in [6, 6.07) is 5.26. The third-order valence-corrected chi connectivity index (χ3v) is 5.76. The first-order valence-corrected chi connectivity index (χ1v) is 8.21. The molecule has 1 aliphatic carbocycles. The van der Waals surface area contributed by atoms with Crippen LogP contribution >= 0.6 is 0 Å². The van der Waals surface area contributed by atoms with Crippen LogP contribution in [0.25, 0.3) is 0 Å². The van der Waals surface area contributed by atoms with Crippen LogP contribution in [0, 0.1) is 32.1 Å². The summed E-state index contributed by atoms with van der Waals surface area (Å²) >= 11 is 0. The second kappa shape index (κ2) is 5.10. The van der Waals surface area contributed by atoms with Crippen molar-refractivity contribution in [1.82, 2.24) is 4.90 Å².